The van der Waals surface area contributed by atoms with Crippen LogP contribution in [0.15, 0.2) is 36.7 Å². The lowest BCUT2D eigenvalue weighted by molar-refractivity contribution is 0.0945. The molecule has 0 radical (unpaired) electrons. The molecule has 1 unspecified atom stereocenters. The van der Waals surface area contributed by atoms with E-state index in [9.17, 15) is 9.18 Å². The van der Waals surface area contributed by atoms with Gasteiger partial charge in [0.15, 0.2) is 0 Å². The van der Waals surface area contributed by atoms with Gasteiger partial charge in [-0.25, -0.2) is 9.37 Å². The van der Waals surface area contributed by atoms with Gasteiger partial charge in [-0.05, 0) is 25.5 Å². The smallest absolute Gasteiger partial charge is 0.271 e. The fraction of sp³-hybridized carbons (Fsp3) is 0.312. The number of nitrogens with zero attached hydrogens (tertiary/aromatic N) is 2. The molecule has 114 valence electrons. The van der Waals surface area contributed by atoms with Crippen molar-refractivity contribution in [3.8, 4) is 0 Å². The first-order chi connectivity index (χ1) is 10.7. The molecular weight excluding hydrogens is 283 g/mol. The molecule has 1 aliphatic heterocycles. The van der Waals surface area contributed by atoms with Gasteiger partial charge >= 0.3 is 0 Å². The molecule has 1 aromatic carbocycles. The van der Waals surface area contributed by atoms with Gasteiger partial charge in [0.1, 0.15) is 11.5 Å². The number of amides is 1. The van der Waals surface area contributed by atoms with Crippen LogP contribution in [0.5, 0.6) is 0 Å². The van der Waals surface area contributed by atoms with Crippen molar-refractivity contribution < 1.29 is 9.18 Å². The lowest BCUT2D eigenvalue weighted by Gasteiger charge is -2.10. The third kappa shape index (κ3) is 3.28. The van der Waals surface area contributed by atoms with Crippen LogP contribution < -0.4 is 10.6 Å². The summed E-state index contributed by atoms with van der Waals surface area (Å²) in [5, 5.41) is 5.99. The molecule has 3 rings (SSSR count). The van der Waals surface area contributed by atoms with Crippen LogP contribution in [0, 0.1) is 5.82 Å². The first kappa shape index (κ1) is 14.6. The minimum Gasteiger partial charge on any atom is -0.346 e. The third-order valence-electron chi connectivity index (χ3n) is 3.70. The zero-order chi connectivity index (χ0) is 15.4. The maximum atomic E-state index is 13.5. The van der Waals surface area contributed by atoms with Gasteiger partial charge < -0.3 is 10.6 Å². The molecule has 6 heteroatoms. The summed E-state index contributed by atoms with van der Waals surface area (Å²) in [6.45, 7) is 1.08. The average Bonchev–Trinajstić information content (AvgIpc) is 3.08. The molecule has 1 aliphatic rings. The highest BCUT2D eigenvalue weighted by molar-refractivity contribution is 5.91. The monoisotopic (exact) mass is 300 g/mol. The summed E-state index contributed by atoms with van der Waals surface area (Å²) in [5.41, 5.74) is 1.47. The van der Waals surface area contributed by atoms with Gasteiger partial charge in [-0.2, -0.15) is 0 Å². The zero-order valence-corrected chi connectivity index (χ0v) is 12.1. The topological polar surface area (TPSA) is 66.9 Å². The van der Waals surface area contributed by atoms with E-state index in [4.69, 9.17) is 0 Å². The van der Waals surface area contributed by atoms with Crippen LogP contribution in [-0.4, -0.2) is 22.4 Å². The van der Waals surface area contributed by atoms with E-state index in [0.29, 0.717) is 5.56 Å². The Hall–Kier alpha value is -2.34. The number of rotatable bonds is 4. The predicted octanol–water partition coefficient (Wildman–Crippen LogP) is 1.97. The average molecular weight is 300 g/mol. The molecule has 1 atom stereocenters. The third-order valence-corrected chi connectivity index (χ3v) is 3.70. The lowest BCUT2D eigenvalue weighted by atomic mass is 10.1. The lowest BCUT2D eigenvalue weighted by Crippen LogP contribution is -2.25. The first-order valence-corrected chi connectivity index (χ1v) is 7.31. The van der Waals surface area contributed by atoms with E-state index in [2.05, 4.69) is 20.6 Å². The van der Waals surface area contributed by atoms with E-state index in [1.165, 1.54) is 12.3 Å². The maximum Gasteiger partial charge on any atom is 0.271 e. The highest BCUT2D eigenvalue weighted by Gasteiger charge is 2.19. The molecule has 2 N–H and O–H groups in total. The van der Waals surface area contributed by atoms with Crippen LogP contribution >= 0.6 is 0 Å². The summed E-state index contributed by atoms with van der Waals surface area (Å²) < 4.78 is 13.5. The van der Waals surface area contributed by atoms with Gasteiger partial charge in [-0.1, -0.05) is 18.2 Å². The highest BCUT2D eigenvalue weighted by atomic mass is 19.1. The molecule has 0 aliphatic carbocycles. The first-order valence-electron chi connectivity index (χ1n) is 7.31. The van der Waals surface area contributed by atoms with E-state index in [0.717, 1.165) is 25.1 Å². The van der Waals surface area contributed by atoms with Crippen LogP contribution in [0.25, 0.3) is 0 Å². The molecule has 1 fully saturated rings. The predicted molar refractivity (Wildman–Crippen MR) is 79.6 cm³/mol. The minimum absolute atomic E-state index is 0.124. The fourth-order valence-electron chi connectivity index (χ4n) is 2.50. The van der Waals surface area contributed by atoms with Gasteiger partial charge in [-0.3, -0.25) is 9.78 Å². The van der Waals surface area contributed by atoms with E-state index < -0.39 is 0 Å². The highest BCUT2D eigenvalue weighted by Crippen LogP contribution is 2.20. The SMILES string of the molecule is O=C(NCc1ccccc1F)c1cncc(C2CCCN2)n1. The Morgan fingerprint density at radius 3 is 3.00 bits per heavy atom. The number of halogens is 1. The minimum atomic E-state index is -0.351. The Bertz CT molecular complexity index is 671. The summed E-state index contributed by atoms with van der Waals surface area (Å²) in [5.74, 6) is -0.687. The molecule has 2 aromatic rings. The number of hydrogen-bond donors (Lipinski definition) is 2. The normalized spacial score (nSPS) is 17.4. The largest absolute Gasteiger partial charge is 0.346 e. The molecule has 2 heterocycles. The molecular formula is C16H17FN4O. The standard InChI is InChI=1S/C16H17FN4O/c17-12-5-2-1-4-11(12)8-20-16(22)15-10-18-9-14(21-15)13-6-3-7-19-13/h1-2,4-5,9-10,13,19H,3,6-8H2,(H,20,22). The van der Waals surface area contributed by atoms with Gasteiger partial charge in [0.2, 0.25) is 0 Å². The van der Waals surface area contributed by atoms with Gasteiger partial charge in [0.25, 0.3) is 5.91 Å². The molecule has 1 aromatic heterocycles. The summed E-state index contributed by atoms with van der Waals surface area (Å²) in [4.78, 5) is 20.6. The van der Waals surface area contributed by atoms with Crippen molar-refractivity contribution in [2.45, 2.75) is 25.4 Å². The Labute approximate surface area is 128 Å². The van der Waals surface area contributed by atoms with E-state index >= 15 is 0 Å². The summed E-state index contributed by atoms with van der Waals surface area (Å²) >= 11 is 0. The Kier molecular flexibility index (Phi) is 4.39. The van der Waals surface area contributed by atoms with Crippen LogP contribution in [0.1, 0.15) is 40.6 Å². The number of benzene rings is 1. The quantitative estimate of drug-likeness (QED) is 0.906. The van der Waals surface area contributed by atoms with E-state index in [1.807, 2.05) is 0 Å². The van der Waals surface area contributed by atoms with Crippen molar-refractivity contribution in [2.75, 3.05) is 6.54 Å². The summed E-state index contributed by atoms with van der Waals surface area (Å²) in [6, 6.07) is 6.52. The van der Waals surface area contributed by atoms with Crippen molar-refractivity contribution in [3.05, 3.63) is 59.4 Å². The summed E-state index contributed by atoms with van der Waals surface area (Å²) in [6.07, 6.45) is 5.19. The zero-order valence-electron chi connectivity index (χ0n) is 12.1. The molecule has 22 heavy (non-hydrogen) atoms. The Balaban J connectivity index is 1.67. The van der Waals surface area contributed by atoms with Crippen molar-refractivity contribution >= 4 is 5.91 Å². The van der Waals surface area contributed by atoms with E-state index in [-0.39, 0.29) is 30.0 Å². The number of nitrogens with one attached hydrogen (secondary N) is 2. The second-order valence-corrected chi connectivity index (χ2v) is 5.25. The second-order valence-electron chi connectivity index (χ2n) is 5.25. The van der Waals surface area contributed by atoms with Crippen LogP contribution in [0.4, 0.5) is 4.39 Å². The Morgan fingerprint density at radius 2 is 2.23 bits per heavy atom. The number of hydrogen-bond acceptors (Lipinski definition) is 4. The van der Waals surface area contributed by atoms with E-state index in [1.54, 1.807) is 24.4 Å². The number of aromatic nitrogens is 2. The van der Waals surface area contributed by atoms with Crippen molar-refractivity contribution in [1.82, 2.24) is 20.6 Å². The number of carbonyl (C=O) groups excluding carboxylic acids is 1. The van der Waals surface area contributed by atoms with Crippen molar-refractivity contribution in [1.29, 1.82) is 0 Å². The number of carbonyl (C=O) groups is 1. The van der Waals surface area contributed by atoms with Crippen molar-refractivity contribution in [2.24, 2.45) is 0 Å². The Morgan fingerprint density at radius 1 is 1.36 bits per heavy atom. The van der Waals surface area contributed by atoms with Crippen LogP contribution in [0.3, 0.4) is 0 Å². The molecule has 0 saturated carbocycles. The van der Waals surface area contributed by atoms with Crippen LogP contribution in [-0.2, 0) is 6.54 Å². The molecule has 1 amide bonds. The van der Waals surface area contributed by atoms with Gasteiger partial charge in [0, 0.05) is 12.1 Å². The summed E-state index contributed by atoms with van der Waals surface area (Å²) in [7, 11) is 0. The molecule has 1 saturated heterocycles. The molecule has 0 bridgehead atoms. The van der Waals surface area contributed by atoms with Crippen molar-refractivity contribution in [3.63, 3.8) is 0 Å². The molecule has 0 spiro atoms. The van der Waals surface area contributed by atoms with Gasteiger partial charge in [0.05, 0.1) is 24.1 Å². The second kappa shape index (κ2) is 6.62. The maximum absolute atomic E-state index is 13.5. The molecule has 5 nitrogen and oxygen atoms in total. The van der Waals surface area contributed by atoms with Crippen LogP contribution in [0.2, 0.25) is 0 Å². The van der Waals surface area contributed by atoms with Gasteiger partial charge in [-0.15, -0.1) is 0 Å². The fourth-order valence-corrected chi connectivity index (χ4v) is 2.50.